The van der Waals surface area contributed by atoms with Gasteiger partial charge in [0.1, 0.15) is 5.82 Å². The molecule has 5 rings (SSSR count). The summed E-state index contributed by atoms with van der Waals surface area (Å²) in [5.74, 6) is -0.509. The zero-order valence-electron chi connectivity index (χ0n) is 24.5. The van der Waals surface area contributed by atoms with E-state index in [-0.39, 0.29) is 30.2 Å². The summed E-state index contributed by atoms with van der Waals surface area (Å²) in [5, 5.41) is 6.92. The Hall–Kier alpha value is -4.24. The van der Waals surface area contributed by atoms with Crippen molar-refractivity contribution in [2.45, 2.75) is 46.2 Å². The van der Waals surface area contributed by atoms with Gasteiger partial charge in [0.05, 0.1) is 17.8 Å². The Morgan fingerprint density at radius 1 is 1.05 bits per heavy atom. The average molecular weight is 585 g/mol. The molecule has 7 nitrogen and oxygen atoms in total. The molecule has 3 heterocycles. The van der Waals surface area contributed by atoms with Gasteiger partial charge < -0.3 is 25.0 Å². The summed E-state index contributed by atoms with van der Waals surface area (Å²) in [4.78, 5) is 21.9. The monoisotopic (exact) mass is 584 g/mol. The van der Waals surface area contributed by atoms with Crippen molar-refractivity contribution >= 4 is 34.6 Å². The fraction of sp³-hybridized carbons (Fsp3) is 0.303. The van der Waals surface area contributed by atoms with Crippen LogP contribution in [0.25, 0.3) is 5.69 Å². The number of rotatable bonds is 10. The summed E-state index contributed by atoms with van der Waals surface area (Å²) < 4.78 is 15.6. The van der Waals surface area contributed by atoms with Crippen LogP contribution in [0.15, 0.2) is 79.0 Å². The number of amides is 1. The van der Waals surface area contributed by atoms with E-state index in [2.05, 4.69) is 88.0 Å². The molecule has 0 radical (unpaired) electrons. The number of thiocarbonyl (C=S) groups is 1. The number of aryl methyl sites for hydroxylation is 1. The molecule has 1 aliphatic rings. The van der Waals surface area contributed by atoms with E-state index in [1.165, 1.54) is 17.8 Å². The van der Waals surface area contributed by atoms with E-state index in [4.69, 9.17) is 12.2 Å². The number of nitrogens with one attached hydrogen (secondary N) is 2. The van der Waals surface area contributed by atoms with Crippen LogP contribution >= 0.6 is 12.2 Å². The zero-order chi connectivity index (χ0) is 29.8. The van der Waals surface area contributed by atoms with Crippen LogP contribution in [0, 0.1) is 19.7 Å². The molecule has 4 aromatic rings. The van der Waals surface area contributed by atoms with Crippen molar-refractivity contribution in [1.29, 1.82) is 0 Å². The number of pyridine rings is 1. The van der Waals surface area contributed by atoms with Gasteiger partial charge in [0.25, 0.3) is 0 Å². The van der Waals surface area contributed by atoms with Gasteiger partial charge in [-0.2, -0.15) is 0 Å². The summed E-state index contributed by atoms with van der Waals surface area (Å²) in [7, 11) is 0. The predicted octanol–water partition coefficient (Wildman–Crippen LogP) is 6.48. The number of hydrogen-bond acceptors (Lipinski definition) is 4. The van der Waals surface area contributed by atoms with Crippen molar-refractivity contribution in [3.8, 4) is 5.69 Å². The van der Waals surface area contributed by atoms with Gasteiger partial charge in [0.15, 0.2) is 5.11 Å². The molecule has 1 amide bonds. The standard InChI is InChI=1S/C33H37FN6OS/c1-5-38(6-2)26-14-16-27(17-15-26)40-22(3)21-28(23(40)4)32-31(29-9-7-8-19-35-29)37-33(42)39(32)20-18-30(41)36-25-12-10-24(34)11-13-25/h7-17,19,21,31-32H,5-6,18,20H2,1-4H3,(H,36,41)(H,37,42)/t31-,32+/m1/s1. The summed E-state index contributed by atoms with van der Waals surface area (Å²) in [6.45, 7) is 10.9. The quantitative estimate of drug-likeness (QED) is 0.208. The van der Waals surface area contributed by atoms with E-state index < -0.39 is 0 Å². The molecule has 2 aromatic carbocycles. The maximum Gasteiger partial charge on any atom is 0.226 e. The molecule has 1 fully saturated rings. The molecule has 2 atom stereocenters. The fourth-order valence-corrected chi connectivity index (χ4v) is 6.18. The van der Waals surface area contributed by atoms with Crippen LogP contribution in [0.4, 0.5) is 15.8 Å². The van der Waals surface area contributed by atoms with Gasteiger partial charge >= 0.3 is 0 Å². The van der Waals surface area contributed by atoms with Crippen molar-refractivity contribution in [1.82, 2.24) is 19.8 Å². The van der Waals surface area contributed by atoms with Crippen molar-refractivity contribution in [3.05, 3.63) is 107 Å². The average Bonchev–Trinajstić information content (AvgIpc) is 3.48. The van der Waals surface area contributed by atoms with Crippen LogP contribution < -0.4 is 15.5 Å². The second-order valence-electron chi connectivity index (χ2n) is 10.5. The minimum absolute atomic E-state index is 0.164. The van der Waals surface area contributed by atoms with Crippen molar-refractivity contribution < 1.29 is 9.18 Å². The molecular formula is C33H37FN6OS. The Morgan fingerprint density at radius 2 is 1.76 bits per heavy atom. The van der Waals surface area contributed by atoms with Gasteiger partial charge in [0, 0.05) is 60.7 Å². The molecule has 0 spiro atoms. The lowest BCUT2D eigenvalue weighted by Crippen LogP contribution is -2.32. The molecule has 0 saturated carbocycles. The van der Waals surface area contributed by atoms with E-state index in [1.54, 1.807) is 18.3 Å². The molecule has 9 heteroatoms. The maximum atomic E-state index is 13.3. The number of hydrogen-bond donors (Lipinski definition) is 2. The number of halogens is 1. The van der Waals surface area contributed by atoms with E-state index in [1.807, 2.05) is 18.2 Å². The Balaban J connectivity index is 1.45. The summed E-state index contributed by atoms with van der Waals surface area (Å²) >= 11 is 5.83. The normalized spacial score (nSPS) is 16.4. The topological polar surface area (TPSA) is 65.4 Å². The minimum atomic E-state index is -0.345. The number of carbonyl (C=O) groups excluding carboxylic acids is 1. The molecule has 218 valence electrons. The number of aromatic nitrogens is 2. The molecule has 0 bridgehead atoms. The third-order valence-electron chi connectivity index (χ3n) is 7.93. The Bertz CT molecular complexity index is 1530. The van der Waals surface area contributed by atoms with Crippen LogP contribution in [-0.2, 0) is 4.79 Å². The van der Waals surface area contributed by atoms with Crippen LogP contribution in [0.3, 0.4) is 0 Å². The number of benzene rings is 2. The van der Waals surface area contributed by atoms with Crippen LogP contribution in [-0.4, -0.2) is 45.1 Å². The van der Waals surface area contributed by atoms with Crippen LogP contribution in [0.5, 0.6) is 0 Å². The molecule has 1 saturated heterocycles. The highest BCUT2D eigenvalue weighted by Crippen LogP contribution is 2.41. The summed E-state index contributed by atoms with van der Waals surface area (Å²) in [5.41, 5.74) is 7.10. The van der Waals surface area contributed by atoms with Crippen molar-refractivity contribution in [3.63, 3.8) is 0 Å². The lowest BCUT2D eigenvalue weighted by Gasteiger charge is -2.28. The largest absolute Gasteiger partial charge is 0.372 e. The van der Waals surface area contributed by atoms with Gasteiger partial charge in [-0.3, -0.25) is 9.78 Å². The van der Waals surface area contributed by atoms with Crippen LogP contribution in [0.1, 0.15) is 55.0 Å². The molecule has 42 heavy (non-hydrogen) atoms. The second kappa shape index (κ2) is 12.7. The van der Waals surface area contributed by atoms with E-state index >= 15 is 0 Å². The highest BCUT2D eigenvalue weighted by atomic mass is 32.1. The molecule has 2 aromatic heterocycles. The fourth-order valence-electron chi connectivity index (χ4n) is 5.85. The molecule has 0 aliphatic carbocycles. The number of anilines is 2. The molecule has 0 unspecified atom stereocenters. The molecule has 2 N–H and O–H groups in total. The first-order chi connectivity index (χ1) is 20.3. The van der Waals surface area contributed by atoms with Gasteiger partial charge in [-0.25, -0.2) is 4.39 Å². The van der Waals surface area contributed by atoms with Crippen LogP contribution in [0.2, 0.25) is 0 Å². The van der Waals surface area contributed by atoms with E-state index in [0.29, 0.717) is 17.3 Å². The highest BCUT2D eigenvalue weighted by Gasteiger charge is 2.41. The van der Waals surface area contributed by atoms with Gasteiger partial charge in [-0.15, -0.1) is 0 Å². The summed E-state index contributed by atoms with van der Waals surface area (Å²) in [6.07, 6.45) is 2.01. The van der Waals surface area contributed by atoms with Crippen molar-refractivity contribution in [2.24, 2.45) is 0 Å². The number of carbonyl (C=O) groups is 1. The Morgan fingerprint density at radius 3 is 2.40 bits per heavy atom. The third-order valence-corrected chi connectivity index (χ3v) is 8.28. The Kier molecular flexibility index (Phi) is 8.87. The van der Waals surface area contributed by atoms with Crippen molar-refractivity contribution in [2.75, 3.05) is 29.9 Å². The molecular weight excluding hydrogens is 547 g/mol. The smallest absolute Gasteiger partial charge is 0.226 e. The first kappa shape index (κ1) is 29.3. The minimum Gasteiger partial charge on any atom is -0.372 e. The van der Waals surface area contributed by atoms with E-state index in [0.717, 1.165) is 41.4 Å². The van der Waals surface area contributed by atoms with Gasteiger partial charge in [-0.1, -0.05) is 6.07 Å². The lowest BCUT2D eigenvalue weighted by atomic mass is 9.96. The second-order valence-corrected chi connectivity index (χ2v) is 10.9. The first-order valence-corrected chi connectivity index (χ1v) is 14.8. The Labute approximate surface area is 252 Å². The molecule has 1 aliphatic heterocycles. The zero-order valence-corrected chi connectivity index (χ0v) is 25.3. The van der Waals surface area contributed by atoms with Gasteiger partial charge in [0.2, 0.25) is 5.91 Å². The van der Waals surface area contributed by atoms with Gasteiger partial charge in [-0.05, 0) is 112 Å². The third kappa shape index (κ3) is 6.01. The summed E-state index contributed by atoms with van der Waals surface area (Å²) in [6, 6.07) is 22.2. The predicted molar refractivity (Wildman–Crippen MR) is 171 cm³/mol. The number of nitrogens with zero attached hydrogens (tertiary/aromatic N) is 4. The maximum absolute atomic E-state index is 13.3. The lowest BCUT2D eigenvalue weighted by molar-refractivity contribution is -0.116. The first-order valence-electron chi connectivity index (χ1n) is 14.4. The SMILES string of the molecule is CCN(CC)c1ccc(-n2c(C)cc([C@H]3[C@@H](c4ccccn4)NC(=S)N3CCC(=O)Nc3ccc(F)cc3)c2C)cc1. The highest BCUT2D eigenvalue weighted by molar-refractivity contribution is 7.80. The van der Waals surface area contributed by atoms with E-state index in [9.17, 15) is 9.18 Å².